The minimum atomic E-state index is -4.68. The number of aromatic nitrogens is 3. The third-order valence-corrected chi connectivity index (χ3v) is 3.69. The molecule has 1 heterocycles. The van der Waals surface area contributed by atoms with Crippen LogP contribution in [-0.2, 0) is 12.4 Å². The van der Waals surface area contributed by atoms with Crippen LogP contribution in [0.4, 0.5) is 32.0 Å². The molecule has 3 rings (SSSR count). The zero-order valence-corrected chi connectivity index (χ0v) is 13.7. The summed E-state index contributed by atoms with van der Waals surface area (Å²) in [5.41, 5.74) is -2.69. The number of benzene rings is 2. The molecule has 1 N–H and O–H groups in total. The second-order valence-corrected chi connectivity index (χ2v) is 5.60. The lowest BCUT2D eigenvalue weighted by molar-refractivity contribution is -0.138. The Bertz CT molecular complexity index is 996. The number of carbonyl (C=O) groups is 1. The number of anilines is 1. The monoisotopic (exact) mass is 400 g/mol. The largest absolute Gasteiger partial charge is 0.416 e. The highest BCUT2D eigenvalue weighted by molar-refractivity contribution is 6.05. The highest BCUT2D eigenvalue weighted by atomic mass is 19.4. The van der Waals surface area contributed by atoms with E-state index < -0.39 is 29.4 Å². The summed E-state index contributed by atoms with van der Waals surface area (Å²) < 4.78 is 78.6. The predicted octanol–water partition coefficient (Wildman–Crippen LogP) is 4.56. The number of halogens is 6. The first-order valence-corrected chi connectivity index (χ1v) is 7.60. The summed E-state index contributed by atoms with van der Waals surface area (Å²) >= 11 is 0. The van der Waals surface area contributed by atoms with E-state index in [9.17, 15) is 31.1 Å². The SMILES string of the molecule is O=C(Nc1cc(C(F)(F)F)ccc1-n1cncn1)c1cccc(C(F)(F)F)c1. The number of hydrogen-bond acceptors (Lipinski definition) is 3. The van der Waals surface area contributed by atoms with Gasteiger partial charge in [0.25, 0.3) is 5.91 Å². The van der Waals surface area contributed by atoms with Gasteiger partial charge in [0, 0.05) is 5.56 Å². The normalized spacial score (nSPS) is 12.1. The minimum absolute atomic E-state index is 0.0609. The molecule has 0 bridgehead atoms. The van der Waals surface area contributed by atoms with Crippen molar-refractivity contribution in [1.29, 1.82) is 0 Å². The Balaban J connectivity index is 2.00. The zero-order chi connectivity index (χ0) is 20.5. The average Bonchev–Trinajstić information content (AvgIpc) is 3.14. The first kappa shape index (κ1) is 19.4. The molecule has 0 fully saturated rings. The van der Waals surface area contributed by atoms with Gasteiger partial charge in [-0.25, -0.2) is 9.67 Å². The van der Waals surface area contributed by atoms with Crippen LogP contribution in [0.5, 0.6) is 0 Å². The van der Waals surface area contributed by atoms with E-state index in [4.69, 9.17) is 0 Å². The van der Waals surface area contributed by atoms with Crippen LogP contribution in [0.25, 0.3) is 5.69 Å². The van der Waals surface area contributed by atoms with Crippen molar-refractivity contribution in [1.82, 2.24) is 14.8 Å². The zero-order valence-electron chi connectivity index (χ0n) is 13.7. The molecule has 0 unspecified atom stereocenters. The van der Waals surface area contributed by atoms with Crippen molar-refractivity contribution in [3.8, 4) is 5.69 Å². The first-order chi connectivity index (χ1) is 13.1. The molecule has 146 valence electrons. The Morgan fingerprint density at radius 2 is 1.61 bits per heavy atom. The quantitative estimate of drug-likeness (QED) is 0.656. The highest BCUT2D eigenvalue weighted by Gasteiger charge is 2.32. The van der Waals surface area contributed by atoms with E-state index in [0.29, 0.717) is 12.1 Å². The molecule has 0 aliphatic carbocycles. The van der Waals surface area contributed by atoms with Crippen LogP contribution in [0, 0.1) is 0 Å². The van der Waals surface area contributed by atoms with Gasteiger partial charge < -0.3 is 5.32 Å². The summed E-state index contributed by atoms with van der Waals surface area (Å²) in [4.78, 5) is 16.0. The fraction of sp³-hybridized carbons (Fsp3) is 0.118. The van der Waals surface area contributed by atoms with Gasteiger partial charge in [0.2, 0.25) is 0 Å². The second kappa shape index (κ2) is 6.98. The van der Waals surface area contributed by atoms with Gasteiger partial charge in [0.15, 0.2) is 0 Å². The van der Waals surface area contributed by atoms with E-state index in [2.05, 4.69) is 15.4 Å². The molecular formula is C17H10F6N4O. The van der Waals surface area contributed by atoms with Crippen molar-refractivity contribution in [3.63, 3.8) is 0 Å². The van der Waals surface area contributed by atoms with Crippen LogP contribution in [-0.4, -0.2) is 20.7 Å². The Labute approximate surface area is 153 Å². The van der Waals surface area contributed by atoms with Gasteiger partial charge >= 0.3 is 12.4 Å². The van der Waals surface area contributed by atoms with Gasteiger partial charge in [-0.1, -0.05) is 6.07 Å². The molecule has 11 heteroatoms. The number of alkyl halides is 6. The van der Waals surface area contributed by atoms with Crippen molar-refractivity contribution < 1.29 is 31.1 Å². The lowest BCUT2D eigenvalue weighted by Gasteiger charge is -2.15. The van der Waals surface area contributed by atoms with E-state index in [1.54, 1.807) is 0 Å². The lowest BCUT2D eigenvalue weighted by Crippen LogP contribution is -2.16. The molecule has 0 saturated heterocycles. The standard InChI is InChI=1S/C17H10F6N4O/c18-16(19,20)11-3-1-2-10(6-11)15(28)26-13-7-12(17(21,22)23)4-5-14(13)27-9-24-8-25-27/h1-9H,(H,26,28). The summed E-state index contributed by atoms with van der Waals surface area (Å²) in [5.74, 6) is -1.01. The highest BCUT2D eigenvalue weighted by Crippen LogP contribution is 2.34. The molecule has 1 aromatic heterocycles. The Kier molecular flexibility index (Phi) is 4.84. The minimum Gasteiger partial charge on any atom is -0.320 e. The van der Waals surface area contributed by atoms with Gasteiger partial charge in [-0.2, -0.15) is 31.4 Å². The van der Waals surface area contributed by atoms with Gasteiger partial charge in [-0.3, -0.25) is 4.79 Å². The van der Waals surface area contributed by atoms with Crippen molar-refractivity contribution in [3.05, 3.63) is 71.8 Å². The van der Waals surface area contributed by atoms with Crippen molar-refractivity contribution in [2.45, 2.75) is 12.4 Å². The Morgan fingerprint density at radius 1 is 0.929 bits per heavy atom. The summed E-state index contributed by atoms with van der Waals surface area (Å²) in [6.45, 7) is 0. The smallest absolute Gasteiger partial charge is 0.320 e. The summed E-state index contributed by atoms with van der Waals surface area (Å²) in [7, 11) is 0. The molecule has 2 aromatic carbocycles. The average molecular weight is 400 g/mol. The van der Waals surface area contributed by atoms with Crippen molar-refractivity contribution in [2.24, 2.45) is 0 Å². The molecular weight excluding hydrogens is 390 g/mol. The van der Waals surface area contributed by atoms with Crippen LogP contribution >= 0.6 is 0 Å². The fourth-order valence-electron chi connectivity index (χ4n) is 2.38. The third kappa shape index (κ3) is 4.13. The van der Waals surface area contributed by atoms with E-state index in [-0.39, 0.29) is 16.9 Å². The number of nitrogens with zero attached hydrogens (tertiary/aromatic N) is 3. The van der Waals surface area contributed by atoms with Gasteiger partial charge in [0.1, 0.15) is 12.7 Å². The van der Waals surface area contributed by atoms with Crippen molar-refractivity contribution in [2.75, 3.05) is 5.32 Å². The fourth-order valence-corrected chi connectivity index (χ4v) is 2.38. The van der Waals surface area contributed by atoms with Gasteiger partial charge in [0.05, 0.1) is 22.5 Å². The van der Waals surface area contributed by atoms with Gasteiger partial charge in [-0.05, 0) is 36.4 Å². The molecule has 5 nitrogen and oxygen atoms in total. The second-order valence-electron chi connectivity index (χ2n) is 5.60. The van der Waals surface area contributed by atoms with Crippen LogP contribution in [0.1, 0.15) is 21.5 Å². The molecule has 0 atom stereocenters. The lowest BCUT2D eigenvalue weighted by atomic mass is 10.1. The van der Waals surface area contributed by atoms with Gasteiger partial charge in [-0.15, -0.1) is 0 Å². The maximum absolute atomic E-state index is 13.0. The number of amides is 1. The molecule has 0 radical (unpaired) electrons. The summed E-state index contributed by atoms with van der Waals surface area (Å²) in [6.07, 6.45) is -7.02. The summed E-state index contributed by atoms with van der Waals surface area (Å²) in [6, 6.07) is 6.06. The van der Waals surface area contributed by atoms with Crippen LogP contribution in [0.2, 0.25) is 0 Å². The maximum atomic E-state index is 13.0. The van der Waals surface area contributed by atoms with Crippen LogP contribution < -0.4 is 5.32 Å². The first-order valence-electron chi connectivity index (χ1n) is 7.60. The van der Waals surface area contributed by atoms with E-state index in [1.165, 1.54) is 6.33 Å². The van der Waals surface area contributed by atoms with E-state index >= 15 is 0 Å². The van der Waals surface area contributed by atoms with E-state index in [0.717, 1.165) is 41.3 Å². The predicted molar refractivity (Wildman–Crippen MR) is 85.8 cm³/mol. The maximum Gasteiger partial charge on any atom is 0.416 e. The van der Waals surface area contributed by atoms with Crippen LogP contribution in [0.15, 0.2) is 55.1 Å². The molecule has 3 aromatic rings. The molecule has 1 amide bonds. The number of hydrogen-bond donors (Lipinski definition) is 1. The number of carbonyl (C=O) groups excluding carboxylic acids is 1. The molecule has 0 aliphatic rings. The number of nitrogens with one attached hydrogen (secondary N) is 1. The Hall–Kier alpha value is -3.37. The van der Waals surface area contributed by atoms with E-state index in [1.807, 2.05) is 0 Å². The Morgan fingerprint density at radius 3 is 2.21 bits per heavy atom. The third-order valence-electron chi connectivity index (χ3n) is 3.69. The molecule has 0 saturated carbocycles. The topological polar surface area (TPSA) is 59.8 Å². The summed E-state index contributed by atoms with van der Waals surface area (Å²) in [5, 5.41) is 6.00. The van der Waals surface area contributed by atoms with Crippen molar-refractivity contribution >= 4 is 11.6 Å². The molecule has 0 spiro atoms. The van der Waals surface area contributed by atoms with Crippen LogP contribution in [0.3, 0.4) is 0 Å². The molecule has 0 aliphatic heterocycles. The number of rotatable bonds is 3. The molecule has 28 heavy (non-hydrogen) atoms.